The van der Waals surface area contributed by atoms with Gasteiger partial charge in [-0.15, -0.1) is 10.2 Å². The molecular weight excluding hydrogens is 430 g/mol. The number of rotatable bonds is 8. The lowest BCUT2D eigenvalue weighted by atomic mass is 10.1. The minimum absolute atomic E-state index is 0.201. The fourth-order valence-electron chi connectivity index (χ4n) is 3.10. The number of aliphatic hydroxyl groups excluding tert-OH is 1. The molecule has 7 heteroatoms. The van der Waals surface area contributed by atoms with Crippen molar-refractivity contribution < 1.29 is 9.84 Å². The predicted molar refractivity (Wildman–Crippen MR) is 126 cm³/mol. The lowest BCUT2D eigenvalue weighted by molar-refractivity contribution is 0.126. The van der Waals surface area contributed by atoms with Crippen molar-refractivity contribution in [2.45, 2.75) is 11.3 Å². The zero-order valence-corrected chi connectivity index (χ0v) is 18.6. The van der Waals surface area contributed by atoms with Crippen LogP contribution in [0.1, 0.15) is 0 Å². The van der Waals surface area contributed by atoms with Gasteiger partial charge in [-0.2, -0.15) is 0 Å². The van der Waals surface area contributed by atoms with Crippen LogP contribution in [0.4, 0.5) is 0 Å². The molecule has 0 fully saturated rings. The molecule has 1 atom stereocenters. The number of aromatic nitrogens is 3. The average Bonchev–Trinajstić information content (AvgIpc) is 3.17. The van der Waals surface area contributed by atoms with Gasteiger partial charge in [0.05, 0.1) is 11.1 Å². The highest BCUT2D eigenvalue weighted by Crippen LogP contribution is 2.28. The lowest BCUT2D eigenvalue weighted by Crippen LogP contribution is -2.20. The first-order valence-electron chi connectivity index (χ1n) is 9.85. The lowest BCUT2D eigenvalue weighted by Gasteiger charge is -2.12. The molecule has 0 saturated carbocycles. The second-order valence-corrected chi connectivity index (χ2v) is 8.41. The summed E-state index contributed by atoms with van der Waals surface area (Å²) >= 11 is 7.69. The molecule has 1 heterocycles. The van der Waals surface area contributed by atoms with Crippen LogP contribution in [-0.2, 0) is 7.05 Å². The highest BCUT2D eigenvalue weighted by atomic mass is 35.5. The number of halogens is 1. The molecule has 0 spiro atoms. The summed E-state index contributed by atoms with van der Waals surface area (Å²) in [7, 11) is 1.89. The van der Waals surface area contributed by atoms with Crippen LogP contribution in [0.25, 0.3) is 22.5 Å². The normalized spacial score (nSPS) is 12.0. The van der Waals surface area contributed by atoms with Crippen molar-refractivity contribution in [2.24, 2.45) is 7.05 Å². The van der Waals surface area contributed by atoms with Crippen LogP contribution in [0, 0.1) is 0 Å². The minimum Gasteiger partial charge on any atom is -0.491 e. The van der Waals surface area contributed by atoms with E-state index in [0.717, 1.165) is 22.4 Å². The Morgan fingerprint density at radius 2 is 1.61 bits per heavy atom. The summed E-state index contributed by atoms with van der Waals surface area (Å²) < 4.78 is 7.62. The highest BCUT2D eigenvalue weighted by molar-refractivity contribution is 7.99. The van der Waals surface area contributed by atoms with Crippen molar-refractivity contribution in [1.29, 1.82) is 0 Å². The molecule has 31 heavy (non-hydrogen) atoms. The summed E-state index contributed by atoms with van der Waals surface area (Å²) in [5.41, 5.74) is 3.11. The number of benzene rings is 3. The first-order valence-corrected chi connectivity index (χ1v) is 11.2. The van der Waals surface area contributed by atoms with Gasteiger partial charge in [-0.25, -0.2) is 0 Å². The van der Waals surface area contributed by atoms with E-state index in [2.05, 4.69) is 22.3 Å². The molecule has 0 amide bonds. The van der Waals surface area contributed by atoms with E-state index in [1.54, 1.807) is 0 Å². The Morgan fingerprint density at radius 3 is 2.35 bits per heavy atom. The van der Waals surface area contributed by atoms with Crippen LogP contribution in [0.3, 0.4) is 0 Å². The fraction of sp³-hybridized carbons (Fsp3) is 0.167. The second kappa shape index (κ2) is 10.0. The summed E-state index contributed by atoms with van der Waals surface area (Å²) in [5, 5.41) is 20.1. The number of hydrogen-bond donors (Lipinski definition) is 1. The van der Waals surface area contributed by atoms with Crippen LogP contribution in [-0.4, -0.2) is 38.3 Å². The van der Waals surface area contributed by atoms with Gasteiger partial charge in [0.25, 0.3) is 0 Å². The minimum atomic E-state index is -0.640. The molecule has 1 unspecified atom stereocenters. The van der Waals surface area contributed by atoms with Gasteiger partial charge in [-0.3, -0.25) is 0 Å². The topological polar surface area (TPSA) is 60.2 Å². The molecule has 0 bridgehead atoms. The van der Waals surface area contributed by atoms with Gasteiger partial charge in [0.2, 0.25) is 0 Å². The van der Waals surface area contributed by atoms with Gasteiger partial charge in [0.1, 0.15) is 12.4 Å². The van der Waals surface area contributed by atoms with Crippen molar-refractivity contribution in [2.75, 3.05) is 12.4 Å². The molecule has 1 aromatic heterocycles. The van der Waals surface area contributed by atoms with Crippen molar-refractivity contribution in [3.8, 4) is 28.3 Å². The molecule has 0 saturated heterocycles. The van der Waals surface area contributed by atoms with Gasteiger partial charge in [0, 0.05) is 18.4 Å². The first-order chi connectivity index (χ1) is 15.1. The third-order valence-corrected chi connectivity index (χ3v) is 6.25. The van der Waals surface area contributed by atoms with E-state index in [9.17, 15) is 5.11 Å². The Balaban J connectivity index is 1.30. The van der Waals surface area contributed by atoms with Gasteiger partial charge in [-0.1, -0.05) is 78.0 Å². The molecule has 5 nitrogen and oxygen atoms in total. The van der Waals surface area contributed by atoms with Crippen LogP contribution >= 0.6 is 23.4 Å². The van der Waals surface area contributed by atoms with E-state index in [1.165, 1.54) is 11.8 Å². The molecule has 4 aromatic rings. The Morgan fingerprint density at radius 1 is 0.935 bits per heavy atom. The predicted octanol–water partition coefficient (Wildman–Crippen LogP) is 5.33. The molecule has 158 valence electrons. The van der Waals surface area contributed by atoms with Crippen molar-refractivity contribution in [1.82, 2.24) is 14.8 Å². The quantitative estimate of drug-likeness (QED) is 0.367. The third kappa shape index (κ3) is 5.28. The number of aliphatic hydroxyl groups is 1. The fourth-order valence-corrected chi connectivity index (χ4v) is 4.14. The van der Waals surface area contributed by atoms with Crippen molar-refractivity contribution >= 4 is 23.4 Å². The SMILES string of the molecule is Cn1c(SCC(O)COc2ccc(-c3ccccc3)cc2)nnc1-c1ccccc1Cl. The molecule has 0 aliphatic carbocycles. The second-order valence-electron chi connectivity index (χ2n) is 7.01. The van der Waals surface area contributed by atoms with Gasteiger partial charge in [-0.05, 0) is 35.4 Å². The van der Waals surface area contributed by atoms with Crippen LogP contribution < -0.4 is 4.74 Å². The Bertz CT molecular complexity index is 1130. The van der Waals surface area contributed by atoms with Gasteiger partial charge in [0.15, 0.2) is 11.0 Å². The maximum Gasteiger partial charge on any atom is 0.191 e. The van der Waals surface area contributed by atoms with E-state index in [4.69, 9.17) is 16.3 Å². The molecular formula is C24H22ClN3O2S. The summed E-state index contributed by atoms with van der Waals surface area (Å²) in [6.07, 6.45) is -0.640. The third-order valence-electron chi connectivity index (χ3n) is 4.76. The van der Waals surface area contributed by atoms with E-state index < -0.39 is 6.10 Å². The summed E-state index contributed by atoms with van der Waals surface area (Å²) in [4.78, 5) is 0. The molecule has 3 aromatic carbocycles. The number of thioether (sulfide) groups is 1. The van der Waals surface area contributed by atoms with Crippen LogP contribution in [0.5, 0.6) is 5.75 Å². The molecule has 4 rings (SSSR count). The van der Waals surface area contributed by atoms with Gasteiger partial charge >= 0.3 is 0 Å². The number of hydrogen-bond acceptors (Lipinski definition) is 5. The first kappa shape index (κ1) is 21.4. The van der Waals surface area contributed by atoms with E-state index >= 15 is 0 Å². The summed E-state index contributed by atoms with van der Waals surface area (Å²) in [6, 6.07) is 25.6. The number of nitrogens with zero attached hydrogens (tertiary/aromatic N) is 3. The largest absolute Gasteiger partial charge is 0.491 e. The van der Waals surface area contributed by atoms with Crippen LogP contribution in [0.15, 0.2) is 84.0 Å². The van der Waals surface area contributed by atoms with Crippen molar-refractivity contribution in [3.63, 3.8) is 0 Å². The Kier molecular flexibility index (Phi) is 6.92. The maximum absolute atomic E-state index is 10.3. The van der Waals surface area contributed by atoms with Gasteiger partial charge < -0.3 is 14.4 Å². The number of ether oxygens (including phenoxy) is 1. The average molecular weight is 452 g/mol. The van der Waals surface area contributed by atoms with Crippen LogP contribution in [0.2, 0.25) is 5.02 Å². The Hall–Kier alpha value is -2.80. The molecule has 0 aliphatic rings. The smallest absolute Gasteiger partial charge is 0.191 e. The Labute approximate surface area is 190 Å². The highest BCUT2D eigenvalue weighted by Gasteiger charge is 2.15. The maximum atomic E-state index is 10.3. The summed E-state index contributed by atoms with van der Waals surface area (Å²) in [6.45, 7) is 0.201. The van der Waals surface area contributed by atoms with E-state index in [-0.39, 0.29) is 6.61 Å². The molecule has 0 radical (unpaired) electrons. The molecule has 1 N–H and O–H groups in total. The monoisotopic (exact) mass is 451 g/mol. The molecule has 0 aliphatic heterocycles. The van der Waals surface area contributed by atoms with E-state index in [1.807, 2.05) is 78.3 Å². The van der Waals surface area contributed by atoms with E-state index in [0.29, 0.717) is 21.8 Å². The zero-order valence-electron chi connectivity index (χ0n) is 17.0. The van der Waals surface area contributed by atoms with Crippen molar-refractivity contribution in [3.05, 3.63) is 83.9 Å². The standard InChI is InChI=1S/C24H22ClN3O2S/c1-28-23(21-9-5-6-10-22(21)25)26-27-24(28)31-16-19(29)15-30-20-13-11-18(12-14-20)17-7-3-2-4-8-17/h2-14,19,29H,15-16H2,1H3. The zero-order chi connectivity index (χ0) is 21.6. The summed E-state index contributed by atoms with van der Waals surface area (Å²) in [5.74, 6) is 1.86.